The van der Waals surface area contributed by atoms with Gasteiger partial charge in [-0.2, -0.15) is 0 Å². The van der Waals surface area contributed by atoms with Gasteiger partial charge in [0.15, 0.2) is 0 Å². The Kier molecular flexibility index (Phi) is 4.93. The van der Waals surface area contributed by atoms with E-state index in [1.54, 1.807) is 36.6 Å². The third-order valence-electron chi connectivity index (χ3n) is 2.78. The van der Waals surface area contributed by atoms with E-state index in [-0.39, 0.29) is 12.3 Å². The molecule has 21 heavy (non-hydrogen) atoms. The van der Waals surface area contributed by atoms with Crippen LogP contribution in [0.15, 0.2) is 29.6 Å². The second-order valence-corrected chi connectivity index (χ2v) is 5.79. The van der Waals surface area contributed by atoms with Crippen molar-refractivity contribution in [3.05, 3.63) is 45.4 Å². The molecule has 0 saturated carbocycles. The Balaban J connectivity index is 2.03. The molecule has 5 nitrogen and oxygen atoms in total. The average molecular weight is 325 g/mol. The summed E-state index contributed by atoms with van der Waals surface area (Å²) < 4.78 is 0. The van der Waals surface area contributed by atoms with Crippen LogP contribution < -0.4 is 5.32 Å². The van der Waals surface area contributed by atoms with Gasteiger partial charge in [0.25, 0.3) is 0 Å². The number of carboxylic acid groups (broad SMARTS) is 1. The number of halogens is 1. The fourth-order valence-electron chi connectivity index (χ4n) is 1.65. The second kappa shape index (κ2) is 6.69. The van der Waals surface area contributed by atoms with E-state index in [1.807, 2.05) is 0 Å². The molecule has 7 heteroatoms. The van der Waals surface area contributed by atoms with Gasteiger partial charge in [-0.05, 0) is 31.2 Å². The lowest BCUT2D eigenvalue weighted by Gasteiger charge is -2.09. The SMILES string of the molecule is CC(C(=O)Nc1ccc(Cl)cc1)c1nc(CC(=O)O)cs1. The monoisotopic (exact) mass is 324 g/mol. The zero-order valence-corrected chi connectivity index (χ0v) is 12.7. The number of hydrogen-bond donors (Lipinski definition) is 2. The number of carbonyl (C=O) groups is 2. The molecular weight excluding hydrogens is 312 g/mol. The lowest BCUT2D eigenvalue weighted by atomic mass is 10.1. The maximum absolute atomic E-state index is 12.1. The van der Waals surface area contributed by atoms with Crippen molar-refractivity contribution in [1.29, 1.82) is 0 Å². The number of amides is 1. The minimum atomic E-state index is -0.940. The van der Waals surface area contributed by atoms with E-state index in [4.69, 9.17) is 16.7 Å². The highest BCUT2D eigenvalue weighted by atomic mass is 35.5. The van der Waals surface area contributed by atoms with E-state index < -0.39 is 11.9 Å². The van der Waals surface area contributed by atoms with Crippen molar-refractivity contribution >= 4 is 40.5 Å². The quantitative estimate of drug-likeness (QED) is 0.885. The van der Waals surface area contributed by atoms with Gasteiger partial charge in [0.05, 0.1) is 18.0 Å². The van der Waals surface area contributed by atoms with E-state index in [0.717, 1.165) is 0 Å². The van der Waals surface area contributed by atoms with Gasteiger partial charge in [-0.15, -0.1) is 11.3 Å². The van der Waals surface area contributed by atoms with Crippen LogP contribution in [0.4, 0.5) is 5.69 Å². The minimum Gasteiger partial charge on any atom is -0.481 e. The van der Waals surface area contributed by atoms with Crippen molar-refractivity contribution in [1.82, 2.24) is 4.98 Å². The molecule has 0 aliphatic rings. The highest BCUT2D eigenvalue weighted by molar-refractivity contribution is 7.09. The van der Waals surface area contributed by atoms with E-state index >= 15 is 0 Å². The van der Waals surface area contributed by atoms with E-state index in [1.165, 1.54) is 11.3 Å². The Bertz CT molecular complexity index is 654. The average Bonchev–Trinajstić information content (AvgIpc) is 2.88. The number of nitrogens with zero attached hydrogens (tertiary/aromatic N) is 1. The molecule has 0 radical (unpaired) electrons. The summed E-state index contributed by atoms with van der Waals surface area (Å²) in [5.74, 6) is -1.59. The van der Waals surface area contributed by atoms with Gasteiger partial charge in [-0.25, -0.2) is 4.98 Å². The van der Waals surface area contributed by atoms with Crippen LogP contribution in [0.25, 0.3) is 0 Å². The molecule has 1 aromatic carbocycles. The van der Waals surface area contributed by atoms with Crippen LogP contribution in [0.1, 0.15) is 23.5 Å². The summed E-state index contributed by atoms with van der Waals surface area (Å²) >= 11 is 7.07. The maximum Gasteiger partial charge on any atom is 0.309 e. The number of anilines is 1. The molecule has 1 unspecified atom stereocenters. The molecule has 0 bridgehead atoms. The van der Waals surface area contributed by atoms with Crippen LogP contribution in [0, 0.1) is 0 Å². The van der Waals surface area contributed by atoms with Crippen molar-refractivity contribution in [2.24, 2.45) is 0 Å². The first kappa shape index (κ1) is 15.5. The van der Waals surface area contributed by atoms with Crippen molar-refractivity contribution in [3.8, 4) is 0 Å². The van der Waals surface area contributed by atoms with Crippen LogP contribution >= 0.6 is 22.9 Å². The molecule has 0 spiro atoms. The molecule has 1 aromatic heterocycles. The Morgan fingerprint density at radius 3 is 2.67 bits per heavy atom. The molecule has 2 N–H and O–H groups in total. The van der Waals surface area contributed by atoms with Gasteiger partial charge in [0.2, 0.25) is 5.91 Å². The molecule has 0 aliphatic heterocycles. The smallest absolute Gasteiger partial charge is 0.309 e. The predicted molar refractivity (Wildman–Crippen MR) is 82.0 cm³/mol. The molecule has 0 aliphatic carbocycles. The van der Waals surface area contributed by atoms with Crippen LogP contribution in [0.3, 0.4) is 0 Å². The Morgan fingerprint density at radius 2 is 2.05 bits per heavy atom. The second-order valence-electron chi connectivity index (χ2n) is 4.47. The first-order chi connectivity index (χ1) is 9.95. The third kappa shape index (κ3) is 4.27. The molecule has 1 atom stereocenters. The summed E-state index contributed by atoms with van der Waals surface area (Å²) in [6, 6.07) is 6.81. The first-order valence-corrected chi connectivity index (χ1v) is 7.44. The van der Waals surface area contributed by atoms with E-state index in [9.17, 15) is 9.59 Å². The standard InChI is InChI=1S/C14H13ClN2O3S/c1-8(14-17-11(7-21-14)6-12(18)19)13(20)16-10-4-2-9(15)3-5-10/h2-5,7-8H,6H2,1H3,(H,16,20)(H,18,19). The summed E-state index contributed by atoms with van der Waals surface area (Å²) in [6.07, 6.45) is -0.137. The molecule has 1 heterocycles. The number of thiazole rings is 1. The van der Waals surface area contributed by atoms with Gasteiger partial charge in [-0.3, -0.25) is 9.59 Å². The van der Waals surface area contributed by atoms with E-state index in [2.05, 4.69) is 10.3 Å². The van der Waals surface area contributed by atoms with Gasteiger partial charge >= 0.3 is 5.97 Å². The van der Waals surface area contributed by atoms with Gasteiger partial charge < -0.3 is 10.4 Å². The normalized spacial score (nSPS) is 11.9. The topological polar surface area (TPSA) is 79.3 Å². The number of hydrogen-bond acceptors (Lipinski definition) is 4. The number of rotatable bonds is 5. The fraction of sp³-hybridized carbons (Fsp3) is 0.214. The Hall–Kier alpha value is -1.92. The molecule has 0 saturated heterocycles. The lowest BCUT2D eigenvalue weighted by molar-refractivity contribution is -0.136. The van der Waals surface area contributed by atoms with Crippen molar-refractivity contribution < 1.29 is 14.7 Å². The number of carboxylic acids is 1. The van der Waals surface area contributed by atoms with Crippen LogP contribution in [0.2, 0.25) is 5.02 Å². The number of nitrogens with one attached hydrogen (secondary N) is 1. The highest BCUT2D eigenvalue weighted by Gasteiger charge is 2.19. The van der Waals surface area contributed by atoms with Gasteiger partial charge in [-0.1, -0.05) is 11.6 Å². The number of aromatic nitrogens is 1. The lowest BCUT2D eigenvalue weighted by Crippen LogP contribution is -2.18. The van der Waals surface area contributed by atoms with Crippen molar-refractivity contribution in [2.45, 2.75) is 19.3 Å². The summed E-state index contributed by atoms with van der Waals surface area (Å²) in [5.41, 5.74) is 1.12. The van der Waals surface area contributed by atoms with Crippen molar-refractivity contribution in [2.75, 3.05) is 5.32 Å². The minimum absolute atomic E-state index is 0.137. The summed E-state index contributed by atoms with van der Waals surface area (Å²) in [5, 5.41) is 14.3. The third-order valence-corrected chi connectivity index (χ3v) is 4.11. The summed E-state index contributed by atoms with van der Waals surface area (Å²) in [4.78, 5) is 26.9. The zero-order chi connectivity index (χ0) is 15.4. The molecular formula is C14H13ClN2O3S. The Labute approximate surface area is 130 Å². The highest BCUT2D eigenvalue weighted by Crippen LogP contribution is 2.22. The molecule has 2 rings (SSSR count). The van der Waals surface area contributed by atoms with Crippen LogP contribution in [-0.2, 0) is 16.0 Å². The summed E-state index contributed by atoms with van der Waals surface area (Å²) in [6.45, 7) is 1.73. The molecule has 110 valence electrons. The van der Waals surface area contributed by atoms with Crippen LogP contribution in [-0.4, -0.2) is 22.0 Å². The van der Waals surface area contributed by atoms with Crippen LogP contribution in [0.5, 0.6) is 0 Å². The predicted octanol–water partition coefficient (Wildman–Crippen LogP) is 3.17. The van der Waals surface area contributed by atoms with E-state index in [0.29, 0.717) is 21.4 Å². The summed E-state index contributed by atoms with van der Waals surface area (Å²) in [7, 11) is 0. The number of aliphatic carboxylic acids is 1. The zero-order valence-electron chi connectivity index (χ0n) is 11.2. The largest absolute Gasteiger partial charge is 0.481 e. The van der Waals surface area contributed by atoms with Gasteiger partial charge in [0.1, 0.15) is 5.01 Å². The molecule has 1 amide bonds. The Morgan fingerprint density at radius 1 is 1.38 bits per heavy atom. The van der Waals surface area contributed by atoms with Gasteiger partial charge in [0, 0.05) is 16.1 Å². The number of benzene rings is 1. The fourth-order valence-corrected chi connectivity index (χ4v) is 2.65. The molecule has 2 aromatic rings. The van der Waals surface area contributed by atoms with Crippen molar-refractivity contribution in [3.63, 3.8) is 0 Å². The first-order valence-electron chi connectivity index (χ1n) is 6.18. The maximum atomic E-state index is 12.1. The number of carbonyl (C=O) groups excluding carboxylic acids is 1. The molecule has 0 fully saturated rings.